The zero-order valence-corrected chi connectivity index (χ0v) is 17.8. The molecule has 0 spiro atoms. The van der Waals surface area contributed by atoms with Crippen LogP contribution in [0.15, 0.2) is 52.8 Å². The van der Waals surface area contributed by atoms with Gasteiger partial charge in [-0.3, -0.25) is 4.79 Å². The van der Waals surface area contributed by atoms with Crippen molar-refractivity contribution in [3.8, 4) is 17.0 Å². The van der Waals surface area contributed by atoms with Gasteiger partial charge < -0.3 is 14.6 Å². The van der Waals surface area contributed by atoms with Gasteiger partial charge in [-0.15, -0.1) is 11.3 Å². The van der Waals surface area contributed by atoms with Crippen LogP contribution >= 0.6 is 11.3 Å². The zero-order valence-electron chi connectivity index (χ0n) is 16.9. The van der Waals surface area contributed by atoms with E-state index in [0.29, 0.717) is 11.8 Å². The Morgan fingerprint density at radius 3 is 2.76 bits per heavy atom. The number of hydrogen-bond donors (Lipinski definition) is 1. The van der Waals surface area contributed by atoms with Crippen LogP contribution in [0.5, 0.6) is 5.75 Å². The molecule has 29 heavy (non-hydrogen) atoms. The number of aromatic nitrogens is 1. The van der Waals surface area contributed by atoms with E-state index in [1.807, 2.05) is 24.3 Å². The second-order valence-corrected chi connectivity index (χ2v) is 8.03. The molecular formula is C23H25N3O2S. The number of thiazole rings is 1. The maximum atomic E-state index is 11.7. The van der Waals surface area contributed by atoms with Crippen molar-refractivity contribution in [2.75, 3.05) is 11.9 Å². The fraction of sp³-hybridized carbons (Fsp3) is 0.304. The second-order valence-electron chi connectivity index (χ2n) is 7.19. The Hall–Kier alpha value is -2.86. The molecule has 2 heterocycles. The molecule has 1 N–H and O–H groups in total. The molecule has 1 amide bonds. The van der Waals surface area contributed by atoms with Crippen molar-refractivity contribution < 1.29 is 9.53 Å². The summed E-state index contributed by atoms with van der Waals surface area (Å²) in [6, 6.07) is 14.5. The first-order chi connectivity index (χ1) is 14.1. The summed E-state index contributed by atoms with van der Waals surface area (Å²) in [5.41, 5.74) is 5.03. The van der Waals surface area contributed by atoms with Crippen LogP contribution in [0.4, 0.5) is 11.4 Å². The summed E-state index contributed by atoms with van der Waals surface area (Å²) in [5, 5.41) is 5.06. The molecule has 0 bridgehead atoms. The summed E-state index contributed by atoms with van der Waals surface area (Å²) in [7, 11) is 0. The number of nitrogens with zero attached hydrogens (tertiary/aromatic N) is 2. The van der Waals surface area contributed by atoms with E-state index in [1.165, 1.54) is 0 Å². The number of fused-ring (bicyclic) bond motifs is 1. The highest BCUT2D eigenvalue weighted by atomic mass is 32.1. The third-order valence-electron chi connectivity index (χ3n) is 5.29. The standard InChI is InChI=1S/C23H25N3O2S/c1-4-17(5-2)26-20(14-29-23(26)25-18-9-7-6-8-15(18)3)16-10-11-21-19(12-16)24-22(27)13-28-21/h6-12,14,17H,4-5,13H2,1-3H3,(H,24,27). The fourth-order valence-corrected chi connectivity index (χ4v) is 4.63. The summed E-state index contributed by atoms with van der Waals surface area (Å²) in [6.07, 6.45) is 2.04. The molecule has 0 fully saturated rings. The number of aryl methyl sites for hydroxylation is 1. The Morgan fingerprint density at radius 2 is 2.00 bits per heavy atom. The maximum absolute atomic E-state index is 11.7. The molecule has 2 aromatic carbocycles. The molecule has 0 atom stereocenters. The molecule has 150 valence electrons. The van der Waals surface area contributed by atoms with Gasteiger partial charge in [0.25, 0.3) is 5.91 Å². The molecule has 0 aliphatic carbocycles. The lowest BCUT2D eigenvalue weighted by Gasteiger charge is -2.21. The summed E-state index contributed by atoms with van der Waals surface area (Å²) in [5.74, 6) is 0.588. The SMILES string of the molecule is CCC(CC)n1c(-c2ccc3c(c2)NC(=O)CO3)csc1=Nc1ccccc1C. The quantitative estimate of drug-likeness (QED) is 0.611. The summed E-state index contributed by atoms with van der Waals surface area (Å²) in [4.78, 5) is 17.7. The number of rotatable bonds is 5. The number of anilines is 1. The van der Waals surface area contributed by atoms with Gasteiger partial charge in [-0.25, -0.2) is 4.99 Å². The predicted molar refractivity (Wildman–Crippen MR) is 118 cm³/mol. The van der Waals surface area contributed by atoms with E-state index < -0.39 is 0 Å². The highest BCUT2D eigenvalue weighted by Crippen LogP contribution is 2.34. The molecule has 1 aliphatic heterocycles. The Balaban J connectivity index is 1.87. The van der Waals surface area contributed by atoms with E-state index >= 15 is 0 Å². The molecule has 6 heteroatoms. The molecule has 5 nitrogen and oxygen atoms in total. The Morgan fingerprint density at radius 1 is 1.21 bits per heavy atom. The lowest BCUT2D eigenvalue weighted by Crippen LogP contribution is -2.25. The van der Waals surface area contributed by atoms with Crippen LogP contribution in [0.3, 0.4) is 0 Å². The summed E-state index contributed by atoms with van der Waals surface area (Å²) in [6.45, 7) is 6.57. The number of carbonyl (C=O) groups is 1. The molecular weight excluding hydrogens is 382 g/mol. The van der Waals surface area contributed by atoms with Gasteiger partial charge >= 0.3 is 0 Å². The van der Waals surface area contributed by atoms with Gasteiger partial charge in [-0.2, -0.15) is 0 Å². The van der Waals surface area contributed by atoms with Crippen LogP contribution in [0.2, 0.25) is 0 Å². The Labute approximate surface area is 174 Å². The molecule has 1 aliphatic rings. The van der Waals surface area contributed by atoms with Crippen LogP contribution in [-0.2, 0) is 4.79 Å². The van der Waals surface area contributed by atoms with E-state index in [9.17, 15) is 4.79 Å². The van der Waals surface area contributed by atoms with Crippen molar-refractivity contribution in [1.29, 1.82) is 0 Å². The van der Waals surface area contributed by atoms with Crippen molar-refractivity contribution in [2.24, 2.45) is 4.99 Å². The maximum Gasteiger partial charge on any atom is 0.262 e. The van der Waals surface area contributed by atoms with Gasteiger partial charge in [0.1, 0.15) is 5.75 Å². The number of ether oxygens (including phenoxy) is 1. The monoisotopic (exact) mass is 407 g/mol. The van der Waals surface area contributed by atoms with E-state index in [2.05, 4.69) is 54.2 Å². The average molecular weight is 408 g/mol. The van der Waals surface area contributed by atoms with E-state index in [1.54, 1.807) is 11.3 Å². The van der Waals surface area contributed by atoms with Crippen molar-refractivity contribution in [3.05, 3.63) is 58.2 Å². The third-order valence-corrected chi connectivity index (χ3v) is 6.13. The first-order valence-corrected chi connectivity index (χ1v) is 10.9. The molecule has 0 saturated heterocycles. The first kappa shape index (κ1) is 19.5. The van der Waals surface area contributed by atoms with Crippen LogP contribution in [0.1, 0.15) is 38.3 Å². The predicted octanol–water partition coefficient (Wildman–Crippen LogP) is 5.45. The smallest absolute Gasteiger partial charge is 0.262 e. The zero-order chi connectivity index (χ0) is 20.4. The largest absolute Gasteiger partial charge is 0.482 e. The minimum Gasteiger partial charge on any atom is -0.482 e. The fourth-order valence-electron chi connectivity index (χ4n) is 3.65. The highest BCUT2D eigenvalue weighted by molar-refractivity contribution is 7.07. The average Bonchev–Trinajstić information content (AvgIpc) is 3.13. The minimum absolute atomic E-state index is 0.0675. The van der Waals surface area contributed by atoms with Gasteiger partial charge in [0, 0.05) is 17.0 Å². The lowest BCUT2D eigenvalue weighted by molar-refractivity contribution is -0.118. The van der Waals surface area contributed by atoms with Crippen LogP contribution < -0.4 is 14.9 Å². The van der Waals surface area contributed by atoms with Gasteiger partial charge in [-0.05, 0) is 49.6 Å². The molecule has 0 unspecified atom stereocenters. The van der Waals surface area contributed by atoms with Gasteiger partial charge in [0.15, 0.2) is 11.4 Å². The molecule has 3 aromatic rings. The molecule has 1 aromatic heterocycles. The number of amides is 1. The first-order valence-electron chi connectivity index (χ1n) is 9.98. The summed E-state index contributed by atoms with van der Waals surface area (Å²) < 4.78 is 7.85. The normalized spacial score (nSPS) is 13.9. The van der Waals surface area contributed by atoms with E-state index in [0.717, 1.165) is 45.8 Å². The van der Waals surface area contributed by atoms with Crippen LogP contribution in [0.25, 0.3) is 11.3 Å². The number of nitrogens with one attached hydrogen (secondary N) is 1. The van der Waals surface area contributed by atoms with E-state index in [-0.39, 0.29) is 12.5 Å². The van der Waals surface area contributed by atoms with Crippen molar-refractivity contribution >= 4 is 28.6 Å². The number of carbonyl (C=O) groups excluding carboxylic acids is 1. The van der Waals surface area contributed by atoms with Crippen molar-refractivity contribution in [2.45, 2.75) is 39.7 Å². The lowest BCUT2D eigenvalue weighted by atomic mass is 10.1. The van der Waals surface area contributed by atoms with Crippen LogP contribution in [0, 0.1) is 6.92 Å². The van der Waals surface area contributed by atoms with Gasteiger partial charge in [0.05, 0.1) is 17.1 Å². The number of benzene rings is 2. The van der Waals surface area contributed by atoms with Gasteiger partial charge in [0.2, 0.25) is 0 Å². The second kappa shape index (κ2) is 8.25. The van der Waals surface area contributed by atoms with Gasteiger partial charge in [-0.1, -0.05) is 32.0 Å². The third kappa shape index (κ3) is 3.85. The number of hydrogen-bond acceptors (Lipinski definition) is 4. The van der Waals surface area contributed by atoms with Crippen molar-refractivity contribution in [1.82, 2.24) is 4.57 Å². The van der Waals surface area contributed by atoms with Crippen LogP contribution in [-0.4, -0.2) is 17.1 Å². The van der Waals surface area contributed by atoms with Crippen molar-refractivity contribution in [3.63, 3.8) is 0 Å². The molecule has 4 rings (SSSR count). The Kier molecular flexibility index (Phi) is 5.53. The molecule has 0 radical (unpaired) electrons. The highest BCUT2D eigenvalue weighted by Gasteiger charge is 2.19. The topological polar surface area (TPSA) is 55.6 Å². The van der Waals surface area contributed by atoms with E-state index in [4.69, 9.17) is 9.73 Å². The minimum atomic E-state index is -0.122. The molecule has 0 saturated carbocycles. The summed E-state index contributed by atoms with van der Waals surface area (Å²) >= 11 is 1.65. The number of para-hydroxylation sites is 1. The Bertz CT molecular complexity index is 1110.